The number of rotatable bonds is 7. The molecule has 0 radical (unpaired) electrons. The molecule has 186 valence electrons. The third-order valence-corrected chi connectivity index (χ3v) is 11.6. The molecule has 4 rings (SSSR count). The molecule has 6 heteroatoms. The topological polar surface area (TPSA) is 83.8 Å². The van der Waals surface area contributed by atoms with Crippen molar-refractivity contribution in [2.45, 2.75) is 104 Å². The van der Waals surface area contributed by atoms with Gasteiger partial charge in [-0.2, -0.15) is 8.42 Å². The quantitative estimate of drug-likeness (QED) is 0.359. The lowest BCUT2D eigenvalue weighted by Crippen LogP contribution is -2.61. The van der Waals surface area contributed by atoms with Crippen LogP contribution in [0.2, 0.25) is 0 Å². The summed E-state index contributed by atoms with van der Waals surface area (Å²) < 4.78 is 35.0. The van der Waals surface area contributed by atoms with Crippen LogP contribution in [0.25, 0.3) is 0 Å². The minimum atomic E-state index is -4.34. The first kappa shape index (κ1) is 24.9. The van der Waals surface area contributed by atoms with Crippen molar-refractivity contribution in [1.29, 1.82) is 0 Å². The maximum absolute atomic E-state index is 11.8. The van der Waals surface area contributed by atoms with E-state index in [9.17, 15) is 13.5 Å². The van der Waals surface area contributed by atoms with Crippen molar-refractivity contribution >= 4 is 10.4 Å². The van der Waals surface area contributed by atoms with Crippen molar-refractivity contribution in [3.63, 3.8) is 0 Å². The van der Waals surface area contributed by atoms with Gasteiger partial charge in [-0.3, -0.25) is 4.55 Å². The zero-order chi connectivity index (χ0) is 23.3. The molecule has 0 spiro atoms. The van der Waals surface area contributed by atoms with Crippen LogP contribution in [0.15, 0.2) is 0 Å². The van der Waals surface area contributed by atoms with Crippen LogP contribution in [0.4, 0.5) is 0 Å². The van der Waals surface area contributed by atoms with Gasteiger partial charge in [0.25, 0.3) is 0 Å². The molecule has 5 nitrogen and oxygen atoms in total. The smallest absolute Gasteiger partial charge is 0.393 e. The van der Waals surface area contributed by atoms with E-state index in [2.05, 4.69) is 31.9 Å². The van der Waals surface area contributed by atoms with Crippen LogP contribution in [0, 0.1) is 52.3 Å². The fourth-order valence-electron chi connectivity index (χ4n) is 9.78. The fourth-order valence-corrected chi connectivity index (χ4v) is 10.1. The van der Waals surface area contributed by atoms with E-state index in [0.29, 0.717) is 53.3 Å². The molecular formula is C26H46O5S. The van der Waals surface area contributed by atoms with Crippen molar-refractivity contribution in [2.75, 3.05) is 6.61 Å². The van der Waals surface area contributed by atoms with Crippen molar-refractivity contribution < 1.29 is 22.3 Å². The predicted molar refractivity (Wildman–Crippen MR) is 126 cm³/mol. The van der Waals surface area contributed by atoms with E-state index < -0.39 is 10.4 Å². The van der Waals surface area contributed by atoms with Crippen LogP contribution < -0.4 is 0 Å². The lowest BCUT2D eigenvalue weighted by Gasteiger charge is -2.64. The molecule has 4 aliphatic rings. The van der Waals surface area contributed by atoms with Crippen LogP contribution in [-0.4, -0.2) is 30.8 Å². The average molecular weight is 471 g/mol. The van der Waals surface area contributed by atoms with Crippen LogP contribution in [0.1, 0.15) is 98.3 Å². The van der Waals surface area contributed by atoms with Crippen molar-refractivity contribution in [3.05, 3.63) is 0 Å². The molecule has 4 fully saturated rings. The Labute approximate surface area is 196 Å². The maximum Gasteiger partial charge on any atom is 0.397 e. The number of aliphatic hydroxyl groups is 1. The molecule has 0 bridgehead atoms. The molecule has 4 saturated carbocycles. The molecule has 0 aromatic heterocycles. The zero-order valence-corrected chi connectivity index (χ0v) is 21.4. The van der Waals surface area contributed by atoms with Crippen LogP contribution in [0.3, 0.4) is 0 Å². The first-order valence-corrected chi connectivity index (χ1v) is 14.7. The molecular weight excluding hydrogens is 424 g/mol. The third-order valence-electron chi connectivity index (χ3n) is 11.1. The van der Waals surface area contributed by atoms with Gasteiger partial charge in [-0.15, -0.1) is 0 Å². The minimum absolute atomic E-state index is 0.0529. The molecule has 0 heterocycles. The van der Waals surface area contributed by atoms with Crippen molar-refractivity contribution in [1.82, 2.24) is 0 Å². The Hall–Kier alpha value is -0.170. The molecule has 0 saturated heterocycles. The van der Waals surface area contributed by atoms with Gasteiger partial charge in [0.15, 0.2) is 0 Å². The second-order valence-electron chi connectivity index (χ2n) is 12.3. The maximum atomic E-state index is 11.8. The Morgan fingerprint density at radius 3 is 2.41 bits per heavy atom. The Kier molecular flexibility index (Phi) is 7.11. The zero-order valence-electron chi connectivity index (χ0n) is 20.6. The number of fused-ring (bicyclic) bond motifs is 5. The summed E-state index contributed by atoms with van der Waals surface area (Å²) in [7, 11) is -4.34. The first-order chi connectivity index (χ1) is 15.0. The third kappa shape index (κ3) is 4.20. The summed E-state index contributed by atoms with van der Waals surface area (Å²) >= 11 is 0. The van der Waals surface area contributed by atoms with Gasteiger partial charge in [0.05, 0.1) is 12.7 Å². The van der Waals surface area contributed by atoms with E-state index in [-0.39, 0.29) is 18.1 Å². The summed E-state index contributed by atoms with van der Waals surface area (Å²) in [4.78, 5) is 0. The first-order valence-electron chi connectivity index (χ1n) is 13.3. The van der Waals surface area contributed by atoms with E-state index in [1.54, 1.807) is 0 Å². The summed E-state index contributed by atoms with van der Waals surface area (Å²) in [6.45, 7) is 9.73. The highest BCUT2D eigenvalue weighted by Gasteiger charge is 2.64. The average Bonchev–Trinajstić information content (AvgIpc) is 3.08. The van der Waals surface area contributed by atoms with E-state index in [4.69, 9.17) is 4.55 Å². The Morgan fingerprint density at radius 2 is 1.72 bits per heavy atom. The minimum Gasteiger partial charge on any atom is -0.393 e. The highest BCUT2D eigenvalue weighted by molar-refractivity contribution is 7.80. The largest absolute Gasteiger partial charge is 0.397 e. The normalized spacial score (nSPS) is 47.4. The summed E-state index contributed by atoms with van der Waals surface area (Å²) in [6, 6.07) is 0. The van der Waals surface area contributed by atoms with Crippen molar-refractivity contribution in [3.8, 4) is 0 Å². The highest BCUT2D eigenvalue weighted by Crippen LogP contribution is 2.69. The number of hydrogen-bond acceptors (Lipinski definition) is 4. The number of aliphatic hydroxyl groups excluding tert-OH is 1. The molecule has 32 heavy (non-hydrogen) atoms. The summed E-state index contributed by atoms with van der Waals surface area (Å²) in [5.41, 5.74) is 0.669. The van der Waals surface area contributed by atoms with Gasteiger partial charge in [0.1, 0.15) is 0 Å². The van der Waals surface area contributed by atoms with Gasteiger partial charge in [-0.1, -0.05) is 47.0 Å². The van der Waals surface area contributed by atoms with E-state index in [0.717, 1.165) is 12.8 Å². The highest BCUT2D eigenvalue weighted by atomic mass is 32.3. The fraction of sp³-hybridized carbons (Fsp3) is 1.00. The molecule has 4 aliphatic carbocycles. The summed E-state index contributed by atoms with van der Waals surface area (Å²) in [6.07, 6.45) is 12.8. The van der Waals surface area contributed by atoms with Crippen LogP contribution in [0.5, 0.6) is 0 Å². The van der Waals surface area contributed by atoms with Crippen molar-refractivity contribution in [2.24, 2.45) is 52.3 Å². The van der Waals surface area contributed by atoms with E-state index in [1.165, 1.54) is 51.4 Å². The van der Waals surface area contributed by atoms with Gasteiger partial charge in [-0.05, 0) is 104 Å². The van der Waals surface area contributed by atoms with Gasteiger partial charge >= 0.3 is 10.4 Å². The summed E-state index contributed by atoms with van der Waals surface area (Å²) in [5.74, 6) is 3.97. The molecule has 2 N–H and O–H groups in total. The Morgan fingerprint density at radius 1 is 1.00 bits per heavy atom. The van der Waals surface area contributed by atoms with Gasteiger partial charge in [0, 0.05) is 0 Å². The predicted octanol–water partition coefficient (Wildman–Crippen LogP) is 5.88. The van der Waals surface area contributed by atoms with E-state index in [1.807, 2.05) is 0 Å². The second-order valence-corrected chi connectivity index (χ2v) is 13.4. The monoisotopic (exact) mass is 470 g/mol. The van der Waals surface area contributed by atoms with Gasteiger partial charge < -0.3 is 5.11 Å². The number of hydrogen-bond donors (Lipinski definition) is 2. The molecule has 0 aromatic carbocycles. The molecule has 4 unspecified atom stereocenters. The summed E-state index contributed by atoms with van der Waals surface area (Å²) in [5, 5.41) is 11.8. The Bertz CT molecular complexity index is 768. The SMILES string of the molecule is CC[C@H]1[C@@H](O)C2C(CC[C@@]3(C)C2CC[C@@H]3[C@H](C)CCCOS(=O)(=O)O)C2(C)CCCC[C@@H]12. The second kappa shape index (κ2) is 9.13. The lowest BCUT2D eigenvalue weighted by molar-refractivity contribution is -0.194. The lowest BCUT2D eigenvalue weighted by atomic mass is 9.41. The van der Waals surface area contributed by atoms with Crippen LogP contribution in [-0.2, 0) is 14.6 Å². The molecule has 0 amide bonds. The van der Waals surface area contributed by atoms with Gasteiger partial charge in [0.2, 0.25) is 0 Å². The van der Waals surface area contributed by atoms with Gasteiger partial charge in [-0.25, -0.2) is 4.18 Å². The standard InChI is InChI=1S/C26H46O5S/c1-5-18-20-10-6-7-14-25(20,3)22-13-15-26(4)19(11-12-21(26)23(22)24(18)27)17(2)9-8-16-31-32(28,29)30/h17-24,27H,5-16H2,1-4H3,(H,28,29,30)/t17-,18-,19-,20+,21?,22?,23?,24-,25?,26-/m1/s1. The molecule has 10 atom stereocenters. The van der Waals surface area contributed by atoms with Crippen LogP contribution >= 0.6 is 0 Å². The van der Waals surface area contributed by atoms with E-state index >= 15 is 0 Å². The molecule has 0 aromatic rings. The molecule has 0 aliphatic heterocycles. The Balaban J connectivity index is 1.50.